The molecule has 1 aliphatic rings. The number of carbonyl (C=O) groups is 1. The molecular weight excluding hydrogens is 212 g/mol. The van der Waals surface area contributed by atoms with Gasteiger partial charge in [-0.15, -0.1) is 0 Å². The van der Waals surface area contributed by atoms with Crippen LogP contribution in [0.4, 0.5) is 0 Å². The molecule has 88 valence electrons. The molecule has 1 aliphatic heterocycles. The smallest absolute Gasteiger partial charge is 0.240 e. The fraction of sp³-hybridized carbons (Fsp3) is 0.900. The molecule has 0 bridgehead atoms. The van der Waals surface area contributed by atoms with E-state index in [0.717, 1.165) is 19.4 Å². The SMILES string of the molecule is CCS(=O)CCNC(=O)C1(C)CCCN1. The highest BCUT2D eigenvalue weighted by Crippen LogP contribution is 2.18. The van der Waals surface area contributed by atoms with E-state index in [1.54, 1.807) is 0 Å². The highest BCUT2D eigenvalue weighted by Gasteiger charge is 2.35. The Morgan fingerprint density at radius 1 is 1.60 bits per heavy atom. The van der Waals surface area contributed by atoms with E-state index >= 15 is 0 Å². The Hall–Kier alpha value is -0.420. The predicted molar refractivity (Wildman–Crippen MR) is 62.2 cm³/mol. The van der Waals surface area contributed by atoms with Crippen LogP contribution in [0.2, 0.25) is 0 Å². The van der Waals surface area contributed by atoms with Gasteiger partial charge in [0.05, 0.1) is 5.54 Å². The molecule has 0 aromatic carbocycles. The summed E-state index contributed by atoms with van der Waals surface area (Å²) in [5.41, 5.74) is -0.409. The van der Waals surface area contributed by atoms with Gasteiger partial charge in [-0.1, -0.05) is 6.92 Å². The third-order valence-corrected chi connectivity index (χ3v) is 4.11. The van der Waals surface area contributed by atoms with Crippen molar-refractivity contribution in [3.05, 3.63) is 0 Å². The molecule has 2 unspecified atom stereocenters. The standard InChI is InChI=1S/C10H20N2O2S/c1-3-15(14)8-7-11-9(13)10(2)5-4-6-12-10/h12H,3-8H2,1-2H3,(H,11,13). The number of amides is 1. The maximum Gasteiger partial charge on any atom is 0.240 e. The summed E-state index contributed by atoms with van der Waals surface area (Å²) < 4.78 is 11.1. The molecular formula is C10H20N2O2S. The van der Waals surface area contributed by atoms with Crippen LogP contribution in [-0.4, -0.2) is 40.3 Å². The summed E-state index contributed by atoms with van der Waals surface area (Å²) in [4.78, 5) is 11.8. The first kappa shape index (κ1) is 12.6. The Kier molecular flexibility index (Phi) is 4.73. The minimum Gasteiger partial charge on any atom is -0.354 e. The van der Waals surface area contributed by atoms with Crippen LogP contribution in [0, 0.1) is 0 Å². The van der Waals surface area contributed by atoms with E-state index in [9.17, 15) is 9.00 Å². The molecule has 4 nitrogen and oxygen atoms in total. The Labute approximate surface area is 93.7 Å². The first-order valence-electron chi connectivity index (χ1n) is 5.47. The molecule has 0 aliphatic carbocycles. The van der Waals surface area contributed by atoms with Crippen molar-refractivity contribution in [3.63, 3.8) is 0 Å². The summed E-state index contributed by atoms with van der Waals surface area (Å²) in [7, 11) is -0.794. The molecule has 0 saturated carbocycles. The van der Waals surface area contributed by atoms with Gasteiger partial charge in [-0.2, -0.15) is 0 Å². The van der Waals surface area contributed by atoms with Gasteiger partial charge >= 0.3 is 0 Å². The first-order chi connectivity index (χ1) is 7.08. The quantitative estimate of drug-likeness (QED) is 0.702. The molecule has 1 fully saturated rings. The van der Waals surface area contributed by atoms with E-state index in [4.69, 9.17) is 0 Å². The molecule has 2 N–H and O–H groups in total. The normalized spacial score (nSPS) is 27.6. The maximum absolute atomic E-state index is 11.8. The second-order valence-electron chi connectivity index (χ2n) is 4.05. The van der Waals surface area contributed by atoms with Crippen LogP contribution in [0.25, 0.3) is 0 Å². The third-order valence-electron chi connectivity index (χ3n) is 2.81. The topological polar surface area (TPSA) is 58.2 Å². The second-order valence-corrected chi connectivity index (χ2v) is 5.92. The minimum absolute atomic E-state index is 0.0353. The van der Waals surface area contributed by atoms with Crippen molar-refractivity contribution in [3.8, 4) is 0 Å². The maximum atomic E-state index is 11.8. The molecule has 0 aromatic heterocycles. The number of nitrogens with one attached hydrogen (secondary N) is 2. The Balaban J connectivity index is 2.26. The molecule has 0 spiro atoms. The zero-order valence-corrected chi connectivity index (χ0v) is 10.3. The lowest BCUT2D eigenvalue weighted by Crippen LogP contribution is -2.51. The Morgan fingerprint density at radius 3 is 2.87 bits per heavy atom. The monoisotopic (exact) mass is 232 g/mol. The van der Waals surface area contributed by atoms with E-state index in [0.29, 0.717) is 18.1 Å². The minimum atomic E-state index is -0.794. The molecule has 15 heavy (non-hydrogen) atoms. The predicted octanol–water partition coefficient (Wildman–Crippen LogP) is 0.0133. The summed E-state index contributed by atoms with van der Waals surface area (Å²) >= 11 is 0. The van der Waals surface area contributed by atoms with E-state index < -0.39 is 16.3 Å². The largest absolute Gasteiger partial charge is 0.354 e. The van der Waals surface area contributed by atoms with Gasteiger partial charge in [0.25, 0.3) is 0 Å². The molecule has 0 radical (unpaired) electrons. The van der Waals surface area contributed by atoms with Crippen LogP contribution in [-0.2, 0) is 15.6 Å². The third kappa shape index (κ3) is 3.57. The second kappa shape index (κ2) is 5.61. The van der Waals surface area contributed by atoms with Crippen molar-refractivity contribution in [2.24, 2.45) is 0 Å². The van der Waals surface area contributed by atoms with Crippen molar-refractivity contribution in [2.75, 3.05) is 24.6 Å². The van der Waals surface area contributed by atoms with Crippen LogP contribution in [0.3, 0.4) is 0 Å². The van der Waals surface area contributed by atoms with Crippen LogP contribution in [0.1, 0.15) is 26.7 Å². The van der Waals surface area contributed by atoms with Gasteiger partial charge in [-0.05, 0) is 26.3 Å². The first-order valence-corrected chi connectivity index (χ1v) is 6.95. The molecule has 1 rings (SSSR count). The van der Waals surface area contributed by atoms with Crippen molar-refractivity contribution in [1.29, 1.82) is 0 Å². The number of hydrogen-bond donors (Lipinski definition) is 2. The van der Waals surface area contributed by atoms with Crippen molar-refractivity contribution < 1.29 is 9.00 Å². The zero-order valence-electron chi connectivity index (χ0n) is 9.47. The van der Waals surface area contributed by atoms with E-state index in [1.807, 2.05) is 13.8 Å². The average molecular weight is 232 g/mol. The van der Waals surface area contributed by atoms with Gasteiger partial charge in [0.15, 0.2) is 0 Å². The van der Waals surface area contributed by atoms with Crippen molar-refractivity contribution in [1.82, 2.24) is 10.6 Å². The van der Waals surface area contributed by atoms with E-state index in [1.165, 1.54) is 0 Å². The van der Waals surface area contributed by atoms with E-state index in [2.05, 4.69) is 10.6 Å². The summed E-state index contributed by atoms with van der Waals surface area (Å²) in [6.07, 6.45) is 1.93. The van der Waals surface area contributed by atoms with Crippen LogP contribution in [0.15, 0.2) is 0 Å². The van der Waals surface area contributed by atoms with Gasteiger partial charge in [0, 0.05) is 28.9 Å². The van der Waals surface area contributed by atoms with Crippen molar-refractivity contribution in [2.45, 2.75) is 32.2 Å². The van der Waals surface area contributed by atoms with Gasteiger partial charge in [-0.3, -0.25) is 9.00 Å². The lowest BCUT2D eigenvalue weighted by molar-refractivity contribution is -0.126. The highest BCUT2D eigenvalue weighted by atomic mass is 32.2. The Morgan fingerprint density at radius 2 is 2.33 bits per heavy atom. The molecule has 0 aromatic rings. The number of rotatable bonds is 5. The lowest BCUT2D eigenvalue weighted by Gasteiger charge is -2.22. The molecule has 2 atom stereocenters. The summed E-state index contributed by atoms with van der Waals surface area (Å²) in [5.74, 6) is 1.25. The highest BCUT2D eigenvalue weighted by molar-refractivity contribution is 7.84. The molecule has 5 heteroatoms. The van der Waals surface area contributed by atoms with Gasteiger partial charge in [0.2, 0.25) is 5.91 Å². The Bertz CT molecular complexity index is 250. The summed E-state index contributed by atoms with van der Waals surface area (Å²) in [6.45, 7) is 5.23. The molecule has 1 saturated heterocycles. The van der Waals surface area contributed by atoms with Crippen LogP contribution >= 0.6 is 0 Å². The fourth-order valence-corrected chi connectivity index (χ4v) is 2.32. The van der Waals surface area contributed by atoms with Crippen molar-refractivity contribution >= 4 is 16.7 Å². The van der Waals surface area contributed by atoms with Gasteiger partial charge in [-0.25, -0.2) is 0 Å². The summed E-state index contributed by atoms with van der Waals surface area (Å²) in [6, 6.07) is 0. The van der Waals surface area contributed by atoms with Crippen LogP contribution < -0.4 is 10.6 Å². The fourth-order valence-electron chi connectivity index (χ4n) is 1.71. The lowest BCUT2D eigenvalue weighted by atomic mass is 9.99. The van der Waals surface area contributed by atoms with Gasteiger partial charge in [0.1, 0.15) is 0 Å². The average Bonchev–Trinajstić information content (AvgIpc) is 2.66. The van der Waals surface area contributed by atoms with Crippen LogP contribution in [0.5, 0.6) is 0 Å². The van der Waals surface area contributed by atoms with Gasteiger partial charge < -0.3 is 10.6 Å². The number of hydrogen-bond acceptors (Lipinski definition) is 3. The van der Waals surface area contributed by atoms with E-state index in [-0.39, 0.29) is 5.91 Å². The number of carbonyl (C=O) groups excluding carboxylic acids is 1. The summed E-state index contributed by atoms with van der Waals surface area (Å²) in [5, 5.41) is 6.03. The zero-order chi connectivity index (χ0) is 11.3. The molecule has 1 heterocycles. The molecule has 1 amide bonds.